The van der Waals surface area contributed by atoms with E-state index >= 15 is 0 Å². The van der Waals surface area contributed by atoms with Crippen LogP contribution in [-0.2, 0) is 14.3 Å². The molecule has 21 heavy (non-hydrogen) atoms. The van der Waals surface area contributed by atoms with Crippen molar-refractivity contribution in [1.29, 1.82) is 0 Å². The minimum absolute atomic E-state index is 0.137. The monoisotopic (exact) mass is 417 g/mol. The molecule has 1 amide bonds. The third-order valence-corrected chi connectivity index (χ3v) is 3.12. The van der Waals surface area contributed by atoms with Gasteiger partial charge in [0, 0.05) is 6.42 Å². The largest absolute Gasteiger partial charge is 0.458 e. The molecular weight excluding hydrogens is 392 g/mol. The molecule has 0 aliphatic carbocycles. The lowest BCUT2D eigenvalue weighted by atomic mass is 10.1. The zero-order valence-corrected chi connectivity index (χ0v) is 15.2. The van der Waals surface area contributed by atoms with Crippen molar-refractivity contribution in [2.75, 3.05) is 4.43 Å². The Morgan fingerprint density at radius 2 is 1.90 bits per heavy atom. The molecule has 0 fully saturated rings. The van der Waals surface area contributed by atoms with Crippen LogP contribution in [0.3, 0.4) is 0 Å². The summed E-state index contributed by atoms with van der Waals surface area (Å²) in [5.74, 6) is -0.532. The quantitative estimate of drug-likeness (QED) is 0.371. The van der Waals surface area contributed by atoms with Gasteiger partial charge in [0.1, 0.15) is 11.6 Å². The number of esters is 1. The van der Waals surface area contributed by atoms with E-state index in [1.807, 2.05) is 0 Å². The molecule has 0 aromatic rings. The molecule has 0 aliphatic heterocycles. The maximum atomic E-state index is 13.2. The Morgan fingerprint density at radius 3 is 2.38 bits per heavy atom. The van der Waals surface area contributed by atoms with Gasteiger partial charge in [-0.2, -0.15) is 0 Å². The van der Waals surface area contributed by atoms with Crippen LogP contribution in [0, 0.1) is 0 Å². The van der Waals surface area contributed by atoms with Crippen molar-refractivity contribution in [2.45, 2.75) is 71.4 Å². The van der Waals surface area contributed by atoms with Crippen LogP contribution in [0.25, 0.3) is 0 Å². The molecule has 0 spiro atoms. The predicted octanol–water partition coefficient (Wildman–Crippen LogP) is 3.73. The van der Waals surface area contributed by atoms with Crippen molar-refractivity contribution in [1.82, 2.24) is 5.32 Å². The maximum Gasteiger partial charge on any atom is 0.410 e. The van der Waals surface area contributed by atoms with Crippen LogP contribution in [0.15, 0.2) is 0 Å². The summed E-state index contributed by atoms with van der Waals surface area (Å²) in [7, 11) is 0. The van der Waals surface area contributed by atoms with E-state index in [2.05, 4.69) is 32.6 Å². The number of alkyl carbamates (subject to hydrolysis) is 1. The van der Waals surface area contributed by atoms with Gasteiger partial charge in [-0.05, 0) is 44.5 Å². The van der Waals surface area contributed by atoms with Gasteiger partial charge in [0.05, 0.1) is 0 Å². The fourth-order valence-corrected chi connectivity index (χ4v) is 1.92. The van der Waals surface area contributed by atoms with E-state index in [4.69, 9.17) is 4.74 Å². The first-order valence-corrected chi connectivity index (χ1v) is 8.62. The third kappa shape index (κ3) is 10.7. The van der Waals surface area contributed by atoms with E-state index in [0.717, 1.165) is 10.8 Å². The number of carbonyl (C=O) groups excluding carboxylic acids is 2. The molecule has 0 aromatic carbocycles. The molecule has 124 valence electrons. The summed E-state index contributed by atoms with van der Waals surface area (Å²) >= 11 is 2.18. The summed E-state index contributed by atoms with van der Waals surface area (Å²) in [6, 6.07) is -0.819. The van der Waals surface area contributed by atoms with E-state index in [1.165, 1.54) is 0 Å². The Kier molecular flexibility index (Phi) is 9.89. The normalized spacial score (nSPS) is 14.2. The number of carbonyl (C=O) groups is 2. The zero-order valence-electron chi connectivity index (χ0n) is 13.1. The molecule has 1 N–H and O–H groups in total. The summed E-state index contributed by atoms with van der Waals surface area (Å²) in [4.78, 5) is 23.6. The molecule has 0 aromatic heterocycles. The second-order valence-electron chi connectivity index (χ2n) is 5.67. The highest BCUT2D eigenvalue weighted by atomic mass is 127. The highest BCUT2D eigenvalue weighted by Crippen LogP contribution is 2.12. The van der Waals surface area contributed by atoms with Crippen molar-refractivity contribution < 1.29 is 23.5 Å². The Bertz CT molecular complexity index is 333. The van der Waals surface area contributed by atoms with Crippen LogP contribution in [0.1, 0.15) is 53.4 Å². The average Bonchev–Trinajstić information content (AvgIpc) is 2.32. The van der Waals surface area contributed by atoms with E-state index < -0.39 is 30.1 Å². The number of amides is 1. The summed E-state index contributed by atoms with van der Waals surface area (Å²) in [6.45, 7) is 7.03. The number of alkyl halides is 2. The molecule has 0 saturated carbocycles. The molecule has 0 bridgehead atoms. The van der Waals surface area contributed by atoms with E-state index in [9.17, 15) is 14.0 Å². The Morgan fingerprint density at radius 1 is 1.29 bits per heavy atom. The SMILES string of the molecule is CCCC(F)OC(=O)N[C@H](CCCI)C(=O)OC(C)(C)C. The standard InChI is InChI=1S/C14H25FINO4/c1-5-7-11(15)20-13(19)17-10(8-6-9-16)12(18)21-14(2,3)4/h10-11H,5-9H2,1-4H3,(H,17,19)/t10-,11?/m1/s1. The minimum atomic E-state index is -1.65. The van der Waals surface area contributed by atoms with Crippen LogP contribution in [0.2, 0.25) is 0 Å². The van der Waals surface area contributed by atoms with Crippen molar-refractivity contribution >= 4 is 34.7 Å². The van der Waals surface area contributed by atoms with Gasteiger partial charge in [-0.15, -0.1) is 0 Å². The smallest absolute Gasteiger partial charge is 0.410 e. The van der Waals surface area contributed by atoms with E-state index in [-0.39, 0.29) is 6.42 Å². The fourth-order valence-electron chi connectivity index (χ4n) is 1.48. The fraction of sp³-hybridized carbons (Fsp3) is 0.857. The number of nitrogens with one attached hydrogen (secondary N) is 1. The lowest BCUT2D eigenvalue weighted by Gasteiger charge is -2.24. The van der Waals surface area contributed by atoms with E-state index in [0.29, 0.717) is 12.8 Å². The summed E-state index contributed by atoms with van der Waals surface area (Å²) in [6.07, 6.45) is -0.716. The predicted molar refractivity (Wildman–Crippen MR) is 87.2 cm³/mol. The van der Waals surface area contributed by atoms with Gasteiger partial charge in [0.2, 0.25) is 6.36 Å². The second kappa shape index (κ2) is 10.2. The molecule has 0 saturated heterocycles. The lowest BCUT2D eigenvalue weighted by molar-refractivity contribution is -0.157. The van der Waals surface area contributed by atoms with Crippen molar-refractivity contribution in [3.8, 4) is 0 Å². The molecule has 5 nitrogen and oxygen atoms in total. The van der Waals surface area contributed by atoms with Gasteiger partial charge < -0.3 is 14.8 Å². The molecule has 0 rings (SSSR count). The van der Waals surface area contributed by atoms with Gasteiger partial charge in [-0.25, -0.2) is 14.0 Å². The number of ether oxygens (including phenoxy) is 2. The highest BCUT2D eigenvalue weighted by molar-refractivity contribution is 14.1. The highest BCUT2D eigenvalue weighted by Gasteiger charge is 2.27. The number of halogens is 2. The molecule has 1 unspecified atom stereocenters. The van der Waals surface area contributed by atoms with E-state index in [1.54, 1.807) is 27.7 Å². The van der Waals surface area contributed by atoms with Gasteiger partial charge in [0.15, 0.2) is 0 Å². The van der Waals surface area contributed by atoms with Crippen molar-refractivity contribution in [3.63, 3.8) is 0 Å². The average molecular weight is 417 g/mol. The van der Waals surface area contributed by atoms with Crippen molar-refractivity contribution in [2.24, 2.45) is 0 Å². The molecule has 2 atom stereocenters. The number of hydrogen-bond acceptors (Lipinski definition) is 4. The van der Waals surface area contributed by atoms with Gasteiger partial charge in [-0.1, -0.05) is 29.5 Å². The first-order chi connectivity index (χ1) is 9.69. The van der Waals surface area contributed by atoms with Gasteiger partial charge in [0.25, 0.3) is 0 Å². The second-order valence-corrected chi connectivity index (χ2v) is 6.74. The van der Waals surface area contributed by atoms with Gasteiger partial charge in [-0.3, -0.25) is 0 Å². The first-order valence-electron chi connectivity index (χ1n) is 7.09. The van der Waals surface area contributed by atoms with Crippen LogP contribution in [-0.4, -0.2) is 34.5 Å². The lowest BCUT2D eigenvalue weighted by Crippen LogP contribution is -2.45. The Balaban J connectivity index is 4.54. The minimum Gasteiger partial charge on any atom is -0.458 e. The number of rotatable bonds is 8. The molecule has 0 heterocycles. The third-order valence-electron chi connectivity index (χ3n) is 2.36. The van der Waals surface area contributed by atoms with Crippen LogP contribution in [0.5, 0.6) is 0 Å². The first kappa shape index (κ1) is 20.4. The molecule has 0 radical (unpaired) electrons. The van der Waals surface area contributed by atoms with Gasteiger partial charge >= 0.3 is 12.1 Å². The summed E-state index contributed by atoms with van der Waals surface area (Å²) in [5, 5.41) is 2.38. The topological polar surface area (TPSA) is 64.6 Å². The molecule has 0 aliphatic rings. The Hall–Kier alpha value is -0.600. The summed E-state index contributed by atoms with van der Waals surface area (Å²) in [5.41, 5.74) is -0.643. The van der Waals surface area contributed by atoms with Crippen LogP contribution >= 0.6 is 22.6 Å². The molecular formula is C14H25FINO4. The maximum absolute atomic E-state index is 13.2. The zero-order chi connectivity index (χ0) is 16.5. The Labute approximate surface area is 139 Å². The molecule has 7 heteroatoms. The number of hydrogen-bond donors (Lipinski definition) is 1. The van der Waals surface area contributed by atoms with Crippen LogP contribution < -0.4 is 5.32 Å². The van der Waals surface area contributed by atoms with Crippen LogP contribution in [0.4, 0.5) is 9.18 Å². The summed E-state index contributed by atoms with van der Waals surface area (Å²) < 4.78 is 23.9. The van der Waals surface area contributed by atoms with Crippen molar-refractivity contribution in [3.05, 3.63) is 0 Å².